The van der Waals surface area contributed by atoms with Crippen LogP contribution in [0.25, 0.3) is 0 Å². The topological polar surface area (TPSA) is 101 Å². The number of carboxylic acid groups (broad SMARTS) is 1. The Morgan fingerprint density at radius 2 is 2.26 bits per heavy atom. The number of hydrogen-bond donors (Lipinski definition) is 2. The van der Waals surface area contributed by atoms with E-state index in [1.165, 1.54) is 11.1 Å². The van der Waals surface area contributed by atoms with E-state index in [1.54, 1.807) is 24.9 Å². The molecule has 1 amide bonds. The lowest BCUT2D eigenvalue weighted by atomic mass is 9.98. The molecule has 3 N–H and O–H groups in total. The molecule has 0 radical (unpaired) electrons. The van der Waals surface area contributed by atoms with Crippen LogP contribution >= 0.6 is 0 Å². The van der Waals surface area contributed by atoms with Gasteiger partial charge >= 0.3 is 5.97 Å². The van der Waals surface area contributed by atoms with Crippen molar-refractivity contribution in [2.75, 3.05) is 6.54 Å². The number of aromatic nitrogens is 2. The van der Waals surface area contributed by atoms with Crippen LogP contribution in [0.4, 0.5) is 0 Å². The molecule has 1 aromatic heterocycles. The van der Waals surface area contributed by atoms with Gasteiger partial charge in [0.25, 0.3) is 0 Å². The van der Waals surface area contributed by atoms with Gasteiger partial charge in [-0.2, -0.15) is 5.10 Å². The summed E-state index contributed by atoms with van der Waals surface area (Å²) in [6, 6.07) is -0.870. The van der Waals surface area contributed by atoms with Crippen LogP contribution in [-0.2, 0) is 16.6 Å². The second-order valence-electron chi connectivity index (χ2n) is 5.10. The van der Waals surface area contributed by atoms with E-state index in [9.17, 15) is 14.7 Å². The first-order valence-electron chi connectivity index (χ1n) is 6.15. The van der Waals surface area contributed by atoms with E-state index in [0.717, 1.165) is 0 Å². The molecule has 0 bridgehead atoms. The van der Waals surface area contributed by atoms with E-state index < -0.39 is 17.6 Å². The second-order valence-corrected chi connectivity index (χ2v) is 5.10. The van der Waals surface area contributed by atoms with Crippen molar-refractivity contribution in [3.05, 3.63) is 18.0 Å². The Labute approximate surface area is 111 Å². The number of aliphatic carboxylic acids is 1. The number of carbonyl (C=O) groups is 2. The van der Waals surface area contributed by atoms with Crippen molar-refractivity contribution in [3.8, 4) is 0 Å². The number of carboxylic acids is 1. The maximum Gasteiger partial charge on any atom is 0.329 e. The van der Waals surface area contributed by atoms with E-state index in [4.69, 9.17) is 5.73 Å². The molecule has 0 aromatic carbocycles. The molecule has 1 fully saturated rings. The van der Waals surface area contributed by atoms with Gasteiger partial charge in [0.15, 0.2) is 0 Å². The molecule has 2 heterocycles. The van der Waals surface area contributed by atoms with Crippen LogP contribution in [0.3, 0.4) is 0 Å². The molecule has 1 saturated heterocycles. The summed E-state index contributed by atoms with van der Waals surface area (Å²) in [4.78, 5) is 25.1. The van der Waals surface area contributed by atoms with E-state index in [0.29, 0.717) is 24.9 Å². The normalized spacial score (nSPS) is 24.5. The fourth-order valence-electron chi connectivity index (χ4n) is 2.45. The standard InChI is InChI=1S/C12H18N4O3/c1-12(11(18)19)4-3-5-16(12)10(17)9(13)8-6-14-15(2)7-8/h6-7,9H,3-5,13H2,1-2H3,(H,18,19). The van der Waals surface area contributed by atoms with Crippen molar-refractivity contribution in [3.63, 3.8) is 0 Å². The minimum atomic E-state index is -1.16. The number of rotatable bonds is 3. The highest BCUT2D eigenvalue weighted by Crippen LogP contribution is 2.31. The number of likely N-dealkylation sites (tertiary alicyclic amines) is 1. The molecular formula is C12H18N4O3. The summed E-state index contributed by atoms with van der Waals surface area (Å²) in [6.45, 7) is 1.99. The SMILES string of the molecule is Cn1cc(C(N)C(=O)N2CCCC2(C)C(=O)O)cn1. The van der Waals surface area contributed by atoms with Crippen molar-refractivity contribution in [2.24, 2.45) is 12.8 Å². The Morgan fingerprint density at radius 3 is 2.79 bits per heavy atom. The highest BCUT2D eigenvalue weighted by atomic mass is 16.4. The van der Waals surface area contributed by atoms with Gasteiger partial charge in [0.2, 0.25) is 5.91 Å². The van der Waals surface area contributed by atoms with Gasteiger partial charge in [0, 0.05) is 25.4 Å². The molecule has 2 atom stereocenters. The first-order chi connectivity index (χ1) is 8.86. The van der Waals surface area contributed by atoms with E-state index in [2.05, 4.69) is 5.10 Å². The van der Waals surface area contributed by atoms with Gasteiger partial charge in [-0.1, -0.05) is 0 Å². The number of carbonyl (C=O) groups excluding carboxylic acids is 1. The summed E-state index contributed by atoms with van der Waals surface area (Å²) in [5, 5.41) is 13.3. The lowest BCUT2D eigenvalue weighted by molar-refractivity contribution is -0.155. The molecular weight excluding hydrogens is 248 g/mol. The number of nitrogens with zero attached hydrogens (tertiary/aromatic N) is 3. The highest BCUT2D eigenvalue weighted by molar-refractivity contribution is 5.90. The predicted molar refractivity (Wildman–Crippen MR) is 67.1 cm³/mol. The molecule has 1 aromatic rings. The van der Waals surface area contributed by atoms with Gasteiger partial charge in [-0.15, -0.1) is 0 Å². The Balaban J connectivity index is 2.22. The Hall–Kier alpha value is -1.89. The monoisotopic (exact) mass is 266 g/mol. The maximum atomic E-state index is 12.4. The van der Waals surface area contributed by atoms with Gasteiger partial charge in [-0.3, -0.25) is 9.48 Å². The van der Waals surface area contributed by atoms with Gasteiger partial charge in [-0.05, 0) is 19.8 Å². The average Bonchev–Trinajstić information content (AvgIpc) is 2.94. The molecule has 0 aliphatic carbocycles. The molecule has 2 rings (SSSR count). The Bertz CT molecular complexity index is 513. The lowest BCUT2D eigenvalue weighted by Gasteiger charge is -2.32. The van der Waals surface area contributed by atoms with Crippen LogP contribution in [0.1, 0.15) is 31.4 Å². The van der Waals surface area contributed by atoms with E-state index in [-0.39, 0.29) is 5.91 Å². The number of amides is 1. The molecule has 7 nitrogen and oxygen atoms in total. The molecule has 0 saturated carbocycles. The van der Waals surface area contributed by atoms with Crippen LogP contribution in [0.15, 0.2) is 12.4 Å². The van der Waals surface area contributed by atoms with Crippen molar-refractivity contribution in [2.45, 2.75) is 31.3 Å². The number of nitrogens with two attached hydrogens (primary N) is 1. The summed E-state index contributed by atoms with van der Waals surface area (Å²) in [5.74, 6) is -1.35. The smallest absolute Gasteiger partial charge is 0.329 e. The van der Waals surface area contributed by atoms with Crippen LogP contribution in [0, 0.1) is 0 Å². The second kappa shape index (κ2) is 4.65. The zero-order chi connectivity index (χ0) is 14.2. The zero-order valence-corrected chi connectivity index (χ0v) is 11.0. The highest BCUT2D eigenvalue weighted by Gasteiger charge is 2.47. The molecule has 1 aliphatic rings. The van der Waals surface area contributed by atoms with Gasteiger partial charge < -0.3 is 15.7 Å². The Morgan fingerprint density at radius 1 is 1.58 bits per heavy atom. The maximum absolute atomic E-state index is 12.4. The number of hydrogen-bond acceptors (Lipinski definition) is 4. The quantitative estimate of drug-likeness (QED) is 0.794. The third-order valence-electron chi connectivity index (χ3n) is 3.72. The fourth-order valence-corrected chi connectivity index (χ4v) is 2.45. The predicted octanol–water partition coefficient (Wildman–Crippen LogP) is -0.114. The first-order valence-corrected chi connectivity index (χ1v) is 6.15. The third kappa shape index (κ3) is 2.21. The molecule has 0 spiro atoms. The van der Waals surface area contributed by atoms with Crippen LogP contribution < -0.4 is 5.73 Å². The molecule has 7 heteroatoms. The molecule has 19 heavy (non-hydrogen) atoms. The third-order valence-corrected chi connectivity index (χ3v) is 3.72. The first kappa shape index (κ1) is 13.5. The largest absolute Gasteiger partial charge is 0.480 e. The average molecular weight is 266 g/mol. The van der Waals surface area contributed by atoms with Crippen LogP contribution in [0.5, 0.6) is 0 Å². The van der Waals surface area contributed by atoms with Gasteiger partial charge in [-0.25, -0.2) is 4.79 Å². The fraction of sp³-hybridized carbons (Fsp3) is 0.583. The molecule has 1 aliphatic heterocycles. The van der Waals surface area contributed by atoms with Crippen molar-refractivity contribution in [1.82, 2.24) is 14.7 Å². The molecule has 104 valence electrons. The summed E-state index contributed by atoms with van der Waals surface area (Å²) < 4.78 is 1.56. The van der Waals surface area contributed by atoms with Crippen LogP contribution in [0.2, 0.25) is 0 Å². The van der Waals surface area contributed by atoms with Crippen molar-refractivity contribution < 1.29 is 14.7 Å². The summed E-state index contributed by atoms with van der Waals surface area (Å²) in [5.41, 5.74) is 5.35. The van der Waals surface area contributed by atoms with Crippen molar-refractivity contribution >= 4 is 11.9 Å². The summed E-state index contributed by atoms with van der Waals surface area (Å²) in [7, 11) is 1.73. The Kier molecular flexibility index (Phi) is 3.32. The van der Waals surface area contributed by atoms with Gasteiger partial charge in [0.1, 0.15) is 11.6 Å². The minimum absolute atomic E-state index is 0.365. The van der Waals surface area contributed by atoms with Crippen LogP contribution in [-0.4, -0.2) is 43.7 Å². The zero-order valence-electron chi connectivity index (χ0n) is 11.0. The minimum Gasteiger partial charge on any atom is -0.480 e. The van der Waals surface area contributed by atoms with E-state index in [1.807, 2.05) is 0 Å². The lowest BCUT2D eigenvalue weighted by Crippen LogP contribution is -2.53. The van der Waals surface area contributed by atoms with Gasteiger partial charge in [0.05, 0.1) is 6.20 Å². The van der Waals surface area contributed by atoms with E-state index >= 15 is 0 Å². The van der Waals surface area contributed by atoms with Crippen molar-refractivity contribution in [1.29, 1.82) is 0 Å². The summed E-state index contributed by atoms with van der Waals surface area (Å²) >= 11 is 0. The molecule has 2 unspecified atom stereocenters. The number of aryl methyl sites for hydroxylation is 1. The summed E-state index contributed by atoms with van der Waals surface area (Å²) in [6.07, 6.45) is 4.32.